The fourth-order valence-corrected chi connectivity index (χ4v) is 2.07. The lowest BCUT2D eigenvalue weighted by molar-refractivity contribution is 1.47. The number of rotatable bonds is 1. The summed E-state index contributed by atoms with van der Waals surface area (Å²) >= 11 is 5.88. The Hall–Kier alpha value is -1.73. The van der Waals surface area contributed by atoms with E-state index in [1.54, 1.807) is 0 Å². The summed E-state index contributed by atoms with van der Waals surface area (Å²) in [4.78, 5) is 3.27. The topological polar surface area (TPSA) is 15.8 Å². The second-order valence-electron chi connectivity index (χ2n) is 3.75. The molecule has 3 rings (SSSR count). The van der Waals surface area contributed by atoms with Crippen LogP contribution in [0, 0.1) is 0 Å². The van der Waals surface area contributed by atoms with Gasteiger partial charge in [-0.3, -0.25) is 0 Å². The van der Waals surface area contributed by atoms with Gasteiger partial charge in [-0.15, -0.1) is 0 Å². The van der Waals surface area contributed by atoms with Crippen molar-refractivity contribution in [3.05, 3.63) is 59.8 Å². The minimum atomic E-state index is 0.767. The Morgan fingerprint density at radius 3 is 2.44 bits per heavy atom. The minimum absolute atomic E-state index is 0.767. The third kappa shape index (κ3) is 1.50. The largest absolute Gasteiger partial charge is 0.361 e. The average Bonchev–Trinajstić information content (AvgIpc) is 2.74. The van der Waals surface area contributed by atoms with E-state index in [1.165, 1.54) is 16.5 Å². The van der Waals surface area contributed by atoms with Crippen LogP contribution in [0.4, 0.5) is 0 Å². The van der Waals surface area contributed by atoms with E-state index in [9.17, 15) is 0 Å². The molecule has 2 heteroatoms. The normalized spacial score (nSPS) is 10.8. The number of hydrogen-bond donors (Lipinski definition) is 1. The fourth-order valence-electron chi connectivity index (χ4n) is 1.94. The van der Waals surface area contributed by atoms with Crippen LogP contribution in [-0.4, -0.2) is 4.98 Å². The zero-order chi connectivity index (χ0) is 11.0. The van der Waals surface area contributed by atoms with E-state index in [4.69, 9.17) is 11.6 Å². The number of benzene rings is 2. The van der Waals surface area contributed by atoms with Crippen molar-refractivity contribution in [3.8, 4) is 11.1 Å². The SMILES string of the molecule is Clc1ccc(-c2c[nH]c3ccccc23)cc1. The lowest BCUT2D eigenvalue weighted by atomic mass is 10.1. The fraction of sp³-hybridized carbons (Fsp3) is 0. The van der Waals surface area contributed by atoms with Crippen LogP contribution < -0.4 is 0 Å². The van der Waals surface area contributed by atoms with Gasteiger partial charge in [0.15, 0.2) is 0 Å². The molecule has 16 heavy (non-hydrogen) atoms. The number of H-pyrrole nitrogens is 1. The summed E-state index contributed by atoms with van der Waals surface area (Å²) in [5, 5.41) is 2.01. The Balaban J connectivity index is 2.22. The van der Waals surface area contributed by atoms with E-state index in [1.807, 2.05) is 36.5 Å². The smallest absolute Gasteiger partial charge is 0.0460 e. The highest BCUT2D eigenvalue weighted by Crippen LogP contribution is 2.28. The first-order valence-corrected chi connectivity index (χ1v) is 5.54. The average molecular weight is 228 g/mol. The Morgan fingerprint density at radius 2 is 1.62 bits per heavy atom. The molecule has 0 spiro atoms. The van der Waals surface area contributed by atoms with Crippen LogP contribution in [-0.2, 0) is 0 Å². The summed E-state index contributed by atoms with van der Waals surface area (Å²) in [5.74, 6) is 0. The molecule has 0 radical (unpaired) electrons. The lowest BCUT2D eigenvalue weighted by Crippen LogP contribution is -1.74. The Morgan fingerprint density at radius 1 is 0.875 bits per heavy atom. The van der Waals surface area contributed by atoms with Gasteiger partial charge < -0.3 is 4.98 Å². The summed E-state index contributed by atoms with van der Waals surface area (Å²) in [5.41, 5.74) is 3.56. The molecule has 2 aromatic carbocycles. The molecule has 0 aliphatic heterocycles. The van der Waals surface area contributed by atoms with Crippen LogP contribution in [0.25, 0.3) is 22.0 Å². The molecule has 0 atom stereocenters. The van der Waals surface area contributed by atoms with Crippen molar-refractivity contribution >= 4 is 22.5 Å². The minimum Gasteiger partial charge on any atom is -0.361 e. The van der Waals surface area contributed by atoms with Crippen LogP contribution in [0.2, 0.25) is 5.02 Å². The standard InChI is InChI=1S/C14H10ClN/c15-11-7-5-10(6-8-11)13-9-16-14-4-2-1-3-12(13)14/h1-9,16H. The predicted octanol–water partition coefficient (Wildman–Crippen LogP) is 4.49. The Kier molecular flexibility index (Phi) is 2.19. The van der Waals surface area contributed by atoms with Crippen molar-refractivity contribution in [2.45, 2.75) is 0 Å². The zero-order valence-corrected chi connectivity index (χ0v) is 9.33. The summed E-state index contributed by atoms with van der Waals surface area (Å²) in [6.45, 7) is 0. The molecule has 0 aliphatic rings. The molecule has 0 amide bonds. The first kappa shape index (κ1) is 9.49. The second kappa shape index (κ2) is 3.69. The zero-order valence-electron chi connectivity index (χ0n) is 8.57. The van der Waals surface area contributed by atoms with Crippen LogP contribution in [0.3, 0.4) is 0 Å². The highest BCUT2D eigenvalue weighted by Gasteiger charge is 2.04. The molecule has 1 aromatic heterocycles. The summed E-state index contributed by atoms with van der Waals surface area (Å²) in [6, 6.07) is 16.2. The van der Waals surface area contributed by atoms with Gasteiger partial charge >= 0.3 is 0 Å². The first-order chi connectivity index (χ1) is 7.84. The molecule has 1 heterocycles. The Labute approximate surface area is 98.7 Å². The summed E-state index contributed by atoms with van der Waals surface area (Å²) in [7, 11) is 0. The summed E-state index contributed by atoms with van der Waals surface area (Å²) < 4.78 is 0. The van der Waals surface area contributed by atoms with Crippen LogP contribution in [0.15, 0.2) is 54.7 Å². The molecule has 1 nitrogen and oxygen atoms in total. The van der Waals surface area contributed by atoms with Crippen molar-refractivity contribution in [3.63, 3.8) is 0 Å². The second-order valence-corrected chi connectivity index (χ2v) is 4.19. The molecule has 78 valence electrons. The van der Waals surface area contributed by atoms with Gasteiger partial charge in [-0.1, -0.05) is 41.9 Å². The molecular weight excluding hydrogens is 218 g/mol. The van der Waals surface area contributed by atoms with Gasteiger partial charge in [0.25, 0.3) is 0 Å². The predicted molar refractivity (Wildman–Crippen MR) is 68.7 cm³/mol. The van der Waals surface area contributed by atoms with Crippen LogP contribution in [0.1, 0.15) is 0 Å². The van der Waals surface area contributed by atoms with Gasteiger partial charge in [0, 0.05) is 27.7 Å². The van der Waals surface area contributed by atoms with Gasteiger partial charge in [-0.05, 0) is 23.8 Å². The quantitative estimate of drug-likeness (QED) is 0.631. The van der Waals surface area contributed by atoms with E-state index in [-0.39, 0.29) is 0 Å². The summed E-state index contributed by atoms with van der Waals surface area (Å²) in [6.07, 6.45) is 2.04. The number of nitrogens with one attached hydrogen (secondary N) is 1. The maximum absolute atomic E-state index is 5.88. The van der Waals surface area contributed by atoms with Gasteiger partial charge in [-0.2, -0.15) is 0 Å². The van der Waals surface area contributed by atoms with Crippen LogP contribution in [0.5, 0.6) is 0 Å². The van der Waals surface area contributed by atoms with Crippen molar-refractivity contribution in [1.29, 1.82) is 0 Å². The molecule has 3 aromatic rings. The van der Waals surface area contributed by atoms with Crippen molar-refractivity contribution in [1.82, 2.24) is 4.98 Å². The van der Waals surface area contributed by atoms with Crippen LogP contribution >= 0.6 is 11.6 Å². The van der Waals surface area contributed by atoms with Gasteiger partial charge in [0.05, 0.1) is 0 Å². The number of para-hydroxylation sites is 1. The van der Waals surface area contributed by atoms with Crippen molar-refractivity contribution in [2.75, 3.05) is 0 Å². The monoisotopic (exact) mass is 227 g/mol. The number of aromatic amines is 1. The maximum atomic E-state index is 5.88. The maximum Gasteiger partial charge on any atom is 0.0460 e. The third-order valence-corrected chi connectivity index (χ3v) is 3.00. The number of hydrogen-bond acceptors (Lipinski definition) is 0. The molecule has 1 N–H and O–H groups in total. The van der Waals surface area contributed by atoms with Gasteiger partial charge in [0.1, 0.15) is 0 Å². The van der Waals surface area contributed by atoms with E-state index >= 15 is 0 Å². The molecular formula is C14H10ClN. The van der Waals surface area contributed by atoms with Crippen molar-refractivity contribution < 1.29 is 0 Å². The van der Waals surface area contributed by atoms with E-state index in [2.05, 4.69) is 23.2 Å². The highest BCUT2D eigenvalue weighted by atomic mass is 35.5. The third-order valence-electron chi connectivity index (χ3n) is 2.74. The molecule has 0 unspecified atom stereocenters. The van der Waals surface area contributed by atoms with E-state index in [0.717, 1.165) is 10.5 Å². The molecule has 0 bridgehead atoms. The van der Waals surface area contributed by atoms with Gasteiger partial charge in [0.2, 0.25) is 0 Å². The molecule has 0 aliphatic carbocycles. The Bertz CT molecular complexity index is 623. The molecule has 0 saturated heterocycles. The molecule has 0 fully saturated rings. The first-order valence-electron chi connectivity index (χ1n) is 5.17. The van der Waals surface area contributed by atoms with E-state index in [0.29, 0.717) is 0 Å². The number of halogens is 1. The van der Waals surface area contributed by atoms with E-state index < -0.39 is 0 Å². The molecule has 0 saturated carbocycles. The number of aromatic nitrogens is 1. The van der Waals surface area contributed by atoms with Crippen molar-refractivity contribution in [2.24, 2.45) is 0 Å². The van der Waals surface area contributed by atoms with Gasteiger partial charge in [-0.25, -0.2) is 0 Å². The lowest BCUT2D eigenvalue weighted by Gasteiger charge is -1.99. The highest BCUT2D eigenvalue weighted by molar-refractivity contribution is 6.30. The number of fused-ring (bicyclic) bond motifs is 1.